The van der Waals surface area contributed by atoms with Crippen LogP contribution in [0.4, 0.5) is 5.82 Å². The lowest BCUT2D eigenvalue weighted by Crippen LogP contribution is -2.33. The van der Waals surface area contributed by atoms with Crippen LogP contribution in [0.3, 0.4) is 0 Å². The second-order valence-corrected chi connectivity index (χ2v) is 9.03. The van der Waals surface area contributed by atoms with Crippen molar-refractivity contribution < 1.29 is 14.3 Å². The van der Waals surface area contributed by atoms with E-state index in [1.807, 2.05) is 42.5 Å². The van der Waals surface area contributed by atoms with Gasteiger partial charge in [-0.2, -0.15) is 4.98 Å². The Balaban J connectivity index is 1.51. The van der Waals surface area contributed by atoms with Crippen molar-refractivity contribution in [3.8, 4) is 11.5 Å². The van der Waals surface area contributed by atoms with Gasteiger partial charge < -0.3 is 19.4 Å². The predicted octanol–water partition coefficient (Wildman–Crippen LogP) is 3.97. The first-order chi connectivity index (χ1) is 15.5. The van der Waals surface area contributed by atoms with Crippen molar-refractivity contribution in [1.82, 2.24) is 9.55 Å². The molecule has 1 N–H and O–H groups in total. The van der Waals surface area contributed by atoms with Gasteiger partial charge in [-0.3, -0.25) is 9.59 Å². The maximum Gasteiger partial charge on any atom is 0.279 e. The highest BCUT2D eigenvalue weighted by atomic mass is 35.5. The fourth-order valence-electron chi connectivity index (χ4n) is 4.00. The summed E-state index contributed by atoms with van der Waals surface area (Å²) in [5, 5.41) is 4.05. The van der Waals surface area contributed by atoms with Crippen LogP contribution in [0.15, 0.2) is 52.4 Å². The van der Waals surface area contributed by atoms with Gasteiger partial charge in [-0.05, 0) is 35.4 Å². The smallest absolute Gasteiger partial charge is 0.279 e. The molecule has 0 radical (unpaired) electrons. The number of ether oxygens (including phenoxy) is 2. The van der Waals surface area contributed by atoms with Gasteiger partial charge in [0.25, 0.3) is 5.56 Å². The molecule has 1 atom stereocenters. The van der Waals surface area contributed by atoms with E-state index in [9.17, 15) is 9.59 Å². The predicted molar refractivity (Wildman–Crippen MR) is 123 cm³/mol. The van der Waals surface area contributed by atoms with Gasteiger partial charge >= 0.3 is 0 Å². The lowest BCUT2D eigenvalue weighted by Gasteiger charge is -2.28. The standard InChI is InChI=1S/C23H20ClN3O4S/c1-27-21-20(22(29)26-23(27)32-12-13-3-2-4-15(24)9-13)16(11-19(28)25-21)14-5-6-17-18(10-14)31-8-7-30-17/h2-6,9-10,16H,7-8,11-12H2,1H3,(H,25,28)/t16-/m1/s1. The van der Waals surface area contributed by atoms with Crippen molar-refractivity contribution >= 4 is 35.1 Å². The molecule has 0 bridgehead atoms. The Labute approximate surface area is 193 Å². The molecule has 9 heteroatoms. The van der Waals surface area contributed by atoms with E-state index < -0.39 is 5.92 Å². The Bertz CT molecular complexity index is 1280. The number of carbonyl (C=O) groups excluding carboxylic acids is 1. The number of rotatable bonds is 4. The summed E-state index contributed by atoms with van der Waals surface area (Å²) < 4.78 is 13.1. The molecule has 0 fully saturated rings. The summed E-state index contributed by atoms with van der Waals surface area (Å²) in [7, 11) is 1.80. The summed E-state index contributed by atoms with van der Waals surface area (Å²) in [4.78, 5) is 30.0. The third-order valence-corrected chi connectivity index (χ3v) is 6.86. The number of nitrogens with one attached hydrogen (secondary N) is 1. The molecule has 2 aliphatic heterocycles. The topological polar surface area (TPSA) is 82.5 Å². The summed E-state index contributed by atoms with van der Waals surface area (Å²) in [6.45, 7) is 0.968. The molecule has 3 aromatic rings. The third-order valence-electron chi connectivity index (χ3n) is 5.53. The summed E-state index contributed by atoms with van der Waals surface area (Å²) in [6, 6.07) is 13.1. The lowest BCUT2D eigenvalue weighted by atomic mass is 9.86. The van der Waals surface area contributed by atoms with Crippen molar-refractivity contribution in [1.29, 1.82) is 0 Å². The molecule has 32 heavy (non-hydrogen) atoms. The molecule has 3 heterocycles. The molecule has 5 rings (SSSR count). The van der Waals surface area contributed by atoms with Gasteiger partial charge in [0.1, 0.15) is 19.0 Å². The first-order valence-corrected chi connectivity index (χ1v) is 11.5. The van der Waals surface area contributed by atoms with Crippen LogP contribution in [0, 0.1) is 0 Å². The molecule has 2 aliphatic rings. The molecule has 1 aromatic heterocycles. The number of amides is 1. The molecule has 0 saturated carbocycles. The average Bonchev–Trinajstić information content (AvgIpc) is 2.79. The van der Waals surface area contributed by atoms with Gasteiger partial charge in [0.15, 0.2) is 16.7 Å². The molecule has 0 unspecified atom stereocenters. The monoisotopic (exact) mass is 469 g/mol. The van der Waals surface area contributed by atoms with Crippen molar-refractivity contribution in [3.63, 3.8) is 0 Å². The van der Waals surface area contributed by atoms with E-state index in [0.717, 1.165) is 11.1 Å². The molecule has 1 amide bonds. The Morgan fingerprint density at radius 2 is 1.97 bits per heavy atom. The molecule has 2 aromatic carbocycles. The highest BCUT2D eigenvalue weighted by Gasteiger charge is 2.33. The van der Waals surface area contributed by atoms with Crippen molar-refractivity contribution in [2.75, 3.05) is 18.5 Å². The maximum atomic E-state index is 13.1. The summed E-state index contributed by atoms with van der Waals surface area (Å²) >= 11 is 7.49. The minimum absolute atomic E-state index is 0.149. The second-order valence-electron chi connectivity index (χ2n) is 7.65. The number of fused-ring (bicyclic) bond motifs is 2. The zero-order chi connectivity index (χ0) is 22.2. The van der Waals surface area contributed by atoms with E-state index in [1.54, 1.807) is 11.6 Å². The first-order valence-electron chi connectivity index (χ1n) is 10.2. The number of aromatic nitrogens is 2. The van der Waals surface area contributed by atoms with Crippen molar-refractivity contribution in [2.24, 2.45) is 7.05 Å². The number of nitrogens with zero attached hydrogens (tertiary/aromatic N) is 2. The zero-order valence-electron chi connectivity index (χ0n) is 17.3. The van der Waals surface area contributed by atoms with Crippen LogP contribution in [-0.4, -0.2) is 28.7 Å². The lowest BCUT2D eigenvalue weighted by molar-refractivity contribution is -0.116. The molecule has 164 valence electrons. The summed E-state index contributed by atoms with van der Waals surface area (Å²) in [6.07, 6.45) is 0.165. The molecular weight excluding hydrogens is 450 g/mol. The van der Waals surface area contributed by atoms with E-state index in [4.69, 9.17) is 21.1 Å². The Morgan fingerprint density at radius 1 is 1.16 bits per heavy atom. The number of hydrogen-bond acceptors (Lipinski definition) is 6. The van der Waals surface area contributed by atoms with Gasteiger partial charge in [-0.25, -0.2) is 0 Å². The number of carbonyl (C=O) groups is 1. The highest BCUT2D eigenvalue weighted by Crippen LogP contribution is 2.40. The Kier molecular flexibility index (Phi) is 5.57. The first kappa shape index (κ1) is 20.9. The van der Waals surface area contributed by atoms with Gasteiger partial charge in [0.2, 0.25) is 5.91 Å². The Morgan fingerprint density at radius 3 is 2.78 bits per heavy atom. The molecular formula is C23H20ClN3O4S. The van der Waals surface area contributed by atoms with Crippen LogP contribution in [0.1, 0.15) is 29.0 Å². The van der Waals surface area contributed by atoms with Crippen LogP contribution in [-0.2, 0) is 17.6 Å². The minimum atomic E-state index is -0.409. The highest BCUT2D eigenvalue weighted by molar-refractivity contribution is 7.98. The van der Waals surface area contributed by atoms with Crippen molar-refractivity contribution in [3.05, 3.63) is 74.5 Å². The van der Waals surface area contributed by atoms with Crippen LogP contribution in [0.5, 0.6) is 11.5 Å². The van der Waals surface area contributed by atoms with Crippen LogP contribution < -0.4 is 20.3 Å². The molecule has 0 spiro atoms. The normalized spacial score (nSPS) is 16.9. The van der Waals surface area contributed by atoms with Crippen molar-refractivity contribution in [2.45, 2.75) is 23.2 Å². The summed E-state index contributed by atoms with van der Waals surface area (Å²) in [5.74, 6) is 1.81. The average molecular weight is 470 g/mol. The molecule has 0 aliphatic carbocycles. The van der Waals surface area contributed by atoms with E-state index >= 15 is 0 Å². The van der Waals surface area contributed by atoms with Crippen LogP contribution in [0.2, 0.25) is 5.02 Å². The number of anilines is 1. The van der Waals surface area contributed by atoms with Crippen LogP contribution >= 0.6 is 23.4 Å². The van der Waals surface area contributed by atoms with E-state index in [-0.39, 0.29) is 17.9 Å². The third kappa shape index (κ3) is 3.96. The largest absolute Gasteiger partial charge is 0.486 e. The van der Waals surface area contributed by atoms with Crippen LogP contribution in [0.25, 0.3) is 0 Å². The van der Waals surface area contributed by atoms with Gasteiger partial charge in [-0.15, -0.1) is 0 Å². The number of halogens is 1. The van der Waals surface area contributed by atoms with E-state index in [1.165, 1.54) is 11.8 Å². The molecule has 0 saturated heterocycles. The minimum Gasteiger partial charge on any atom is -0.486 e. The van der Waals surface area contributed by atoms with E-state index in [0.29, 0.717) is 52.0 Å². The number of thioether (sulfide) groups is 1. The van der Waals surface area contributed by atoms with Gasteiger partial charge in [0, 0.05) is 30.2 Å². The number of hydrogen-bond donors (Lipinski definition) is 1. The van der Waals surface area contributed by atoms with E-state index in [2.05, 4.69) is 10.3 Å². The van der Waals surface area contributed by atoms with Gasteiger partial charge in [0.05, 0.1) is 5.56 Å². The number of benzene rings is 2. The maximum absolute atomic E-state index is 13.1. The Hall–Kier alpha value is -2.97. The zero-order valence-corrected chi connectivity index (χ0v) is 18.8. The fourth-order valence-corrected chi connectivity index (χ4v) is 5.12. The van der Waals surface area contributed by atoms with Gasteiger partial charge in [-0.1, -0.05) is 41.6 Å². The summed E-state index contributed by atoms with van der Waals surface area (Å²) in [5.41, 5.74) is 1.98. The second kappa shape index (κ2) is 8.52. The molecule has 7 nitrogen and oxygen atoms in total. The fraction of sp³-hybridized carbons (Fsp3) is 0.261. The SMILES string of the molecule is Cn1c(SCc2cccc(Cl)c2)nc(=O)c2c1NC(=O)C[C@@H]2c1ccc2c(c1)OCCO2. The quantitative estimate of drug-likeness (QED) is 0.460.